The Bertz CT molecular complexity index is 516. The number of hydrogen-bond acceptors (Lipinski definition) is 3. The van der Waals surface area contributed by atoms with E-state index in [-0.39, 0.29) is 0 Å². The molecular weight excluding hydrogens is 236 g/mol. The molecule has 1 unspecified atom stereocenters. The molecule has 4 nitrogen and oxygen atoms in total. The van der Waals surface area contributed by atoms with Gasteiger partial charge in [-0.1, -0.05) is 11.6 Å². The summed E-state index contributed by atoms with van der Waals surface area (Å²) in [6, 6.07) is 3.75. The van der Waals surface area contributed by atoms with Crippen molar-refractivity contribution in [2.24, 2.45) is 5.92 Å². The van der Waals surface area contributed by atoms with E-state index in [4.69, 9.17) is 11.6 Å². The van der Waals surface area contributed by atoms with E-state index in [9.17, 15) is 0 Å². The van der Waals surface area contributed by atoms with Gasteiger partial charge in [0.1, 0.15) is 5.82 Å². The monoisotopic (exact) mass is 250 g/mol. The predicted octanol–water partition coefficient (Wildman–Crippen LogP) is 1.92. The molecule has 0 radical (unpaired) electrons. The number of aromatic nitrogens is 3. The fourth-order valence-electron chi connectivity index (χ4n) is 2.41. The van der Waals surface area contributed by atoms with Gasteiger partial charge in [-0.2, -0.15) is 0 Å². The summed E-state index contributed by atoms with van der Waals surface area (Å²) in [4.78, 5) is 0. The van der Waals surface area contributed by atoms with E-state index in [0.29, 0.717) is 5.92 Å². The van der Waals surface area contributed by atoms with Crippen molar-refractivity contribution in [1.29, 1.82) is 0 Å². The van der Waals surface area contributed by atoms with Crippen LogP contribution in [0.15, 0.2) is 18.3 Å². The summed E-state index contributed by atoms with van der Waals surface area (Å²) in [5.74, 6) is 1.67. The second-order valence-electron chi connectivity index (χ2n) is 4.61. The second kappa shape index (κ2) is 4.63. The van der Waals surface area contributed by atoms with Crippen LogP contribution in [-0.2, 0) is 6.42 Å². The Balaban J connectivity index is 1.86. The number of pyridine rings is 1. The van der Waals surface area contributed by atoms with Crippen LogP contribution in [0, 0.1) is 5.92 Å². The number of halogens is 1. The molecule has 2 aromatic heterocycles. The number of nitrogens with one attached hydrogen (secondary N) is 1. The van der Waals surface area contributed by atoms with E-state index in [1.165, 1.54) is 12.8 Å². The van der Waals surface area contributed by atoms with Gasteiger partial charge >= 0.3 is 0 Å². The van der Waals surface area contributed by atoms with Crippen LogP contribution in [0.5, 0.6) is 0 Å². The summed E-state index contributed by atoms with van der Waals surface area (Å²) in [6.45, 7) is 2.22. The van der Waals surface area contributed by atoms with Crippen molar-refractivity contribution in [2.45, 2.75) is 19.3 Å². The molecule has 0 aromatic carbocycles. The zero-order valence-corrected chi connectivity index (χ0v) is 10.3. The number of piperidine rings is 1. The zero-order valence-electron chi connectivity index (χ0n) is 9.56. The molecule has 3 rings (SSSR count). The molecule has 0 bridgehead atoms. The maximum Gasteiger partial charge on any atom is 0.160 e. The highest BCUT2D eigenvalue weighted by atomic mass is 35.5. The first-order valence-corrected chi connectivity index (χ1v) is 6.40. The van der Waals surface area contributed by atoms with Crippen molar-refractivity contribution in [2.75, 3.05) is 13.1 Å². The van der Waals surface area contributed by atoms with Gasteiger partial charge < -0.3 is 5.32 Å². The van der Waals surface area contributed by atoms with Gasteiger partial charge in [0.15, 0.2) is 5.65 Å². The molecule has 5 heteroatoms. The Morgan fingerprint density at radius 1 is 1.41 bits per heavy atom. The summed E-state index contributed by atoms with van der Waals surface area (Å²) in [7, 11) is 0. The first-order chi connectivity index (χ1) is 8.33. The molecular formula is C12H15ClN4. The Kier molecular flexibility index (Phi) is 2.99. The van der Waals surface area contributed by atoms with Crippen molar-refractivity contribution < 1.29 is 0 Å². The lowest BCUT2D eigenvalue weighted by Gasteiger charge is -2.21. The highest BCUT2D eigenvalue weighted by Gasteiger charge is 2.16. The first kappa shape index (κ1) is 11.0. The van der Waals surface area contributed by atoms with Gasteiger partial charge in [0.2, 0.25) is 0 Å². The predicted molar refractivity (Wildman–Crippen MR) is 67.3 cm³/mol. The molecule has 1 aliphatic heterocycles. The van der Waals surface area contributed by atoms with E-state index in [1.54, 1.807) is 0 Å². The lowest BCUT2D eigenvalue weighted by Crippen LogP contribution is -2.31. The molecule has 2 aromatic rings. The van der Waals surface area contributed by atoms with Gasteiger partial charge in [-0.15, -0.1) is 10.2 Å². The summed E-state index contributed by atoms with van der Waals surface area (Å²) in [5.41, 5.74) is 0.869. The van der Waals surface area contributed by atoms with E-state index in [2.05, 4.69) is 15.5 Å². The lowest BCUT2D eigenvalue weighted by atomic mass is 9.96. The van der Waals surface area contributed by atoms with Gasteiger partial charge in [-0.05, 0) is 44.0 Å². The maximum absolute atomic E-state index is 6.00. The van der Waals surface area contributed by atoms with Crippen molar-refractivity contribution in [1.82, 2.24) is 19.9 Å². The van der Waals surface area contributed by atoms with Crippen LogP contribution in [0.25, 0.3) is 5.65 Å². The van der Waals surface area contributed by atoms with Crippen LogP contribution < -0.4 is 5.32 Å². The van der Waals surface area contributed by atoms with Crippen LogP contribution in [0.4, 0.5) is 0 Å². The molecule has 0 aliphatic carbocycles. The Morgan fingerprint density at radius 3 is 3.18 bits per heavy atom. The molecule has 1 N–H and O–H groups in total. The third-order valence-electron chi connectivity index (χ3n) is 3.31. The average molecular weight is 251 g/mol. The van der Waals surface area contributed by atoms with Crippen LogP contribution >= 0.6 is 11.6 Å². The van der Waals surface area contributed by atoms with Crippen molar-refractivity contribution in [3.8, 4) is 0 Å². The number of nitrogens with zero attached hydrogens (tertiary/aromatic N) is 3. The fourth-order valence-corrected chi connectivity index (χ4v) is 2.57. The van der Waals surface area contributed by atoms with Gasteiger partial charge in [-0.3, -0.25) is 4.40 Å². The molecule has 0 saturated carbocycles. The second-order valence-corrected chi connectivity index (χ2v) is 5.04. The molecule has 1 fully saturated rings. The SMILES string of the molecule is Clc1ccc2nnc(CC3CCCNC3)n2c1. The number of fused-ring (bicyclic) bond motifs is 1. The molecule has 0 amide bonds. The lowest BCUT2D eigenvalue weighted by molar-refractivity contribution is 0.370. The molecule has 0 spiro atoms. The van der Waals surface area contributed by atoms with Gasteiger partial charge in [0.05, 0.1) is 5.02 Å². The Hall–Kier alpha value is -1.13. The molecule has 90 valence electrons. The third-order valence-corrected chi connectivity index (χ3v) is 3.53. The fraction of sp³-hybridized carbons (Fsp3) is 0.500. The van der Waals surface area contributed by atoms with Crippen molar-refractivity contribution in [3.63, 3.8) is 0 Å². The van der Waals surface area contributed by atoms with E-state index >= 15 is 0 Å². The summed E-state index contributed by atoms with van der Waals surface area (Å²) < 4.78 is 2.00. The Labute approximate surface area is 105 Å². The standard InChI is InChI=1S/C12H15ClN4/c13-10-3-4-11-15-16-12(17(11)8-10)6-9-2-1-5-14-7-9/h3-4,8-9,14H,1-2,5-7H2. The number of hydrogen-bond donors (Lipinski definition) is 1. The van der Waals surface area contributed by atoms with Crippen LogP contribution in [0.3, 0.4) is 0 Å². The minimum absolute atomic E-state index is 0.662. The quantitative estimate of drug-likeness (QED) is 0.886. The van der Waals surface area contributed by atoms with E-state index < -0.39 is 0 Å². The average Bonchev–Trinajstić information content (AvgIpc) is 2.73. The van der Waals surface area contributed by atoms with Crippen molar-refractivity contribution in [3.05, 3.63) is 29.2 Å². The van der Waals surface area contributed by atoms with Gasteiger partial charge in [0.25, 0.3) is 0 Å². The molecule has 17 heavy (non-hydrogen) atoms. The number of rotatable bonds is 2. The molecule has 1 aliphatic rings. The summed E-state index contributed by atoms with van der Waals surface area (Å²) in [6.07, 6.45) is 5.38. The van der Waals surface area contributed by atoms with Crippen LogP contribution in [0.1, 0.15) is 18.7 Å². The topological polar surface area (TPSA) is 42.2 Å². The van der Waals surface area contributed by atoms with Crippen molar-refractivity contribution >= 4 is 17.2 Å². The smallest absolute Gasteiger partial charge is 0.160 e. The van der Waals surface area contributed by atoms with Crippen LogP contribution in [-0.4, -0.2) is 27.7 Å². The molecule has 1 saturated heterocycles. The Morgan fingerprint density at radius 2 is 2.35 bits per heavy atom. The highest BCUT2D eigenvalue weighted by molar-refractivity contribution is 6.30. The first-order valence-electron chi connectivity index (χ1n) is 6.03. The minimum Gasteiger partial charge on any atom is -0.316 e. The largest absolute Gasteiger partial charge is 0.316 e. The molecule has 3 heterocycles. The molecule has 1 atom stereocenters. The van der Waals surface area contributed by atoms with Gasteiger partial charge in [0, 0.05) is 12.6 Å². The highest BCUT2D eigenvalue weighted by Crippen LogP contribution is 2.17. The minimum atomic E-state index is 0.662. The van der Waals surface area contributed by atoms with E-state index in [0.717, 1.165) is 36.0 Å². The normalized spacial score (nSPS) is 20.9. The zero-order chi connectivity index (χ0) is 11.7. The van der Waals surface area contributed by atoms with E-state index in [1.807, 2.05) is 22.7 Å². The van der Waals surface area contributed by atoms with Crippen LogP contribution in [0.2, 0.25) is 5.02 Å². The summed E-state index contributed by atoms with van der Waals surface area (Å²) in [5, 5.41) is 12.6. The maximum atomic E-state index is 6.00. The van der Waals surface area contributed by atoms with Gasteiger partial charge in [-0.25, -0.2) is 0 Å². The summed E-state index contributed by atoms with van der Waals surface area (Å²) >= 11 is 6.00. The third kappa shape index (κ3) is 2.28.